The number of anilines is 2. The van der Waals surface area contributed by atoms with Gasteiger partial charge in [-0.25, -0.2) is 14.2 Å². The summed E-state index contributed by atoms with van der Waals surface area (Å²) in [6.07, 6.45) is 1.49. The van der Waals surface area contributed by atoms with Gasteiger partial charge in [-0.05, 0) is 30.7 Å². The molecule has 0 fully saturated rings. The highest BCUT2D eigenvalue weighted by Gasteiger charge is 2.15. The van der Waals surface area contributed by atoms with Crippen molar-refractivity contribution in [2.45, 2.75) is 6.92 Å². The molecule has 0 saturated heterocycles. The lowest BCUT2D eigenvalue weighted by molar-refractivity contribution is 0.258. The summed E-state index contributed by atoms with van der Waals surface area (Å²) in [4.78, 5) is 18.0. The second kappa shape index (κ2) is 7.31. The molecule has 25 heavy (non-hydrogen) atoms. The number of nitrogens with one attached hydrogen (secondary N) is 1. The predicted octanol–water partition coefficient (Wildman–Crippen LogP) is 5.05. The molecule has 1 aromatic heterocycles. The third-order valence-electron chi connectivity index (χ3n) is 3.49. The largest absolute Gasteiger partial charge is 0.445 e. The fourth-order valence-corrected chi connectivity index (χ4v) is 2.91. The van der Waals surface area contributed by atoms with E-state index in [0.717, 1.165) is 22.6 Å². The normalized spacial score (nSPS) is 10.4. The van der Waals surface area contributed by atoms with Gasteiger partial charge >= 0.3 is 6.03 Å². The van der Waals surface area contributed by atoms with Gasteiger partial charge in [-0.2, -0.15) is 0 Å². The Morgan fingerprint density at radius 3 is 2.80 bits per heavy atom. The molecule has 1 N–H and O–H groups in total. The van der Waals surface area contributed by atoms with E-state index in [-0.39, 0.29) is 11.8 Å². The number of hydrogen-bond donors (Lipinski definition) is 1. The molecule has 1 heterocycles. The van der Waals surface area contributed by atoms with E-state index in [2.05, 4.69) is 10.3 Å². The van der Waals surface area contributed by atoms with E-state index >= 15 is 0 Å². The molecule has 128 valence electrons. The molecule has 0 aliphatic heterocycles. The highest BCUT2D eigenvalue weighted by atomic mass is 32.1. The van der Waals surface area contributed by atoms with Gasteiger partial charge in [-0.15, -0.1) is 0 Å². The molecule has 0 aliphatic carbocycles. The van der Waals surface area contributed by atoms with E-state index in [1.807, 2.05) is 31.2 Å². The zero-order valence-electron chi connectivity index (χ0n) is 13.7. The molecule has 0 radical (unpaired) electrons. The van der Waals surface area contributed by atoms with E-state index in [1.165, 1.54) is 23.2 Å². The molecule has 2 amide bonds. The monoisotopic (exact) mass is 357 g/mol. The summed E-state index contributed by atoms with van der Waals surface area (Å²) >= 11 is 1.16. The lowest BCUT2D eigenvalue weighted by atomic mass is 10.2. The van der Waals surface area contributed by atoms with Crippen LogP contribution in [0.3, 0.4) is 0 Å². The van der Waals surface area contributed by atoms with Crippen LogP contribution in [-0.4, -0.2) is 18.1 Å². The number of nitrogens with zero attached hydrogens (tertiary/aromatic N) is 2. The summed E-state index contributed by atoms with van der Waals surface area (Å²) in [7, 11) is 1.69. The molecule has 7 heteroatoms. The Morgan fingerprint density at radius 2 is 2.04 bits per heavy atom. The van der Waals surface area contributed by atoms with E-state index in [0.29, 0.717) is 15.9 Å². The molecule has 2 aromatic carbocycles. The smallest absolute Gasteiger partial charge is 0.327 e. The van der Waals surface area contributed by atoms with Crippen molar-refractivity contribution >= 4 is 28.2 Å². The van der Waals surface area contributed by atoms with E-state index in [9.17, 15) is 9.18 Å². The van der Waals surface area contributed by atoms with Crippen molar-refractivity contribution in [2.24, 2.45) is 0 Å². The van der Waals surface area contributed by atoms with Crippen molar-refractivity contribution in [2.75, 3.05) is 17.3 Å². The van der Waals surface area contributed by atoms with Crippen LogP contribution in [0.15, 0.2) is 54.7 Å². The number of thiazole rings is 1. The number of hydrogen-bond acceptors (Lipinski definition) is 4. The van der Waals surface area contributed by atoms with E-state index in [4.69, 9.17) is 4.74 Å². The average molecular weight is 357 g/mol. The first-order chi connectivity index (χ1) is 12.0. The first-order valence-electron chi connectivity index (χ1n) is 7.52. The maximum atomic E-state index is 13.2. The van der Waals surface area contributed by atoms with Crippen LogP contribution in [0.25, 0.3) is 0 Å². The lowest BCUT2D eigenvalue weighted by Crippen LogP contribution is -2.31. The van der Waals surface area contributed by atoms with Gasteiger partial charge in [0.25, 0.3) is 0 Å². The summed E-state index contributed by atoms with van der Waals surface area (Å²) in [6, 6.07) is 13.1. The van der Waals surface area contributed by atoms with E-state index in [1.54, 1.807) is 19.2 Å². The van der Waals surface area contributed by atoms with Crippen LogP contribution >= 0.6 is 11.3 Å². The Morgan fingerprint density at radius 1 is 1.24 bits per heavy atom. The highest BCUT2D eigenvalue weighted by molar-refractivity contribution is 7.17. The Balaban J connectivity index is 1.66. The molecular weight excluding hydrogens is 341 g/mol. The molecule has 5 nitrogen and oxygen atoms in total. The summed E-state index contributed by atoms with van der Waals surface area (Å²) < 4.78 is 18.7. The second-order valence-corrected chi connectivity index (χ2v) is 6.31. The van der Waals surface area contributed by atoms with Crippen molar-refractivity contribution in [3.05, 3.63) is 66.1 Å². The number of halogens is 1. The van der Waals surface area contributed by atoms with Gasteiger partial charge in [0.1, 0.15) is 11.6 Å². The van der Waals surface area contributed by atoms with Crippen molar-refractivity contribution in [1.82, 2.24) is 4.98 Å². The maximum absolute atomic E-state index is 13.2. The minimum Gasteiger partial charge on any atom is -0.445 e. The molecule has 0 saturated carbocycles. The molecule has 0 spiro atoms. The van der Waals surface area contributed by atoms with Crippen LogP contribution in [0.4, 0.5) is 20.0 Å². The number of aromatic nitrogens is 1. The number of carbonyl (C=O) groups is 1. The minimum atomic E-state index is -0.379. The van der Waals surface area contributed by atoms with E-state index < -0.39 is 0 Å². The number of para-hydroxylation sites is 1. The highest BCUT2D eigenvalue weighted by Crippen LogP contribution is 2.31. The lowest BCUT2D eigenvalue weighted by Gasteiger charge is -2.19. The number of benzene rings is 2. The Labute approximate surface area is 148 Å². The molecule has 3 aromatic rings. The van der Waals surface area contributed by atoms with Crippen molar-refractivity contribution in [1.29, 1.82) is 0 Å². The number of aryl methyl sites for hydroxylation is 1. The number of amides is 2. The summed E-state index contributed by atoms with van der Waals surface area (Å²) in [5.74, 6) is -0.00560. The summed E-state index contributed by atoms with van der Waals surface area (Å²) in [5, 5.41) is 3.58. The first-order valence-corrected chi connectivity index (χ1v) is 8.34. The topological polar surface area (TPSA) is 54.5 Å². The molecule has 0 unspecified atom stereocenters. The molecule has 3 rings (SSSR count). The zero-order valence-corrected chi connectivity index (χ0v) is 14.5. The standard InChI is InChI=1S/C18H16FN3O2S/c1-12-6-3-4-9-15(12)22(2)18(23)21-17-20-11-16(25-17)24-14-8-5-7-13(19)10-14/h3-11H,1-2H3,(H,20,21,23). The fraction of sp³-hybridized carbons (Fsp3) is 0.111. The van der Waals surface area contributed by atoms with Crippen molar-refractivity contribution < 1.29 is 13.9 Å². The Hall–Kier alpha value is -2.93. The third-order valence-corrected chi connectivity index (χ3v) is 4.29. The van der Waals surface area contributed by atoms with Gasteiger partial charge in [0.05, 0.1) is 6.20 Å². The van der Waals surface area contributed by atoms with Crippen LogP contribution in [0, 0.1) is 12.7 Å². The summed E-state index contributed by atoms with van der Waals surface area (Å²) in [5.41, 5.74) is 1.81. The van der Waals surface area contributed by atoms with Crippen LogP contribution < -0.4 is 15.0 Å². The molecule has 0 atom stereocenters. The van der Waals surface area contributed by atoms with Gasteiger partial charge in [-0.3, -0.25) is 10.2 Å². The third kappa shape index (κ3) is 4.13. The zero-order chi connectivity index (χ0) is 17.8. The fourth-order valence-electron chi connectivity index (χ4n) is 2.24. The Bertz CT molecular complexity index is 897. The van der Waals surface area contributed by atoms with Crippen LogP contribution in [0.1, 0.15) is 5.56 Å². The van der Waals surface area contributed by atoms with Crippen LogP contribution in [0.5, 0.6) is 10.8 Å². The molecular formula is C18H16FN3O2S. The van der Waals surface area contributed by atoms with Crippen molar-refractivity contribution in [3.8, 4) is 10.8 Å². The number of rotatable bonds is 4. The average Bonchev–Trinajstić information content (AvgIpc) is 3.01. The first kappa shape index (κ1) is 16.9. The van der Waals surface area contributed by atoms with Crippen LogP contribution in [0.2, 0.25) is 0 Å². The minimum absolute atomic E-state index is 0.305. The molecule has 0 bridgehead atoms. The number of ether oxygens (including phenoxy) is 1. The quantitative estimate of drug-likeness (QED) is 0.711. The van der Waals surface area contributed by atoms with Gasteiger partial charge in [0.15, 0.2) is 5.13 Å². The van der Waals surface area contributed by atoms with Gasteiger partial charge in [0.2, 0.25) is 5.06 Å². The van der Waals surface area contributed by atoms with Crippen LogP contribution in [-0.2, 0) is 0 Å². The SMILES string of the molecule is Cc1ccccc1N(C)C(=O)Nc1ncc(Oc2cccc(F)c2)s1. The van der Waals surface area contributed by atoms with Gasteiger partial charge in [0, 0.05) is 18.8 Å². The number of urea groups is 1. The molecule has 0 aliphatic rings. The Kier molecular flexibility index (Phi) is 4.95. The predicted molar refractivity (Wildman–Crippen MR) is 97.2 cm³/mol. The summed E-state index contributed by atoms with van der Waals surface area (Å²) in [6.45, 7) is 1.94. The van der Waals surface area contributed by atoms with Crippen molar-refractivity contribution in [3.63, 3.8) is 0 Å². The van der Waals surface area contributed by atoms with Gasteiger partial charge < -0.3 is 4.74 Å². The number of carbonyl (C=O) groups excluding carboxylic acids is 1. The maximum Gasteiger partial charge on any atom is 0.327 e. The second-order valence-electron chi connectivity index (χ2n) is 5.32. The van der Waals surface area contributed by atoms with Gasteiger partial charge in [-0.1, -0.05) is 35.6 Å².